The average Bonchev–Trinajstić information content (AvgIpc) is 1.88. The highest BCUT2D eigenvalue weighted by molar-refractivity contribution is 14.1. The number of alkyl halides is 1. The minimum atomic E-state index is 0.406. The van der Waals surface area contributed by atoms with Gasteiger partial charge < -0.3 is 5.32 Å². The molecule has 0 aromatic carbocycles. The molecule has 4 heteroatoms. The van der Waals surface area contributed by atoms with Gasteiger partial charge in [0.2, 0.25) is 0 Å². The number of hydrogen-bond acceptors (Lipinski definition) is 3. The molecular weight excluding hydrogens is 241 g/mol. The molecule has 1 heterocycles. The largest absolute Gasteiger partial charge is 0.371 e. The van der Waals surface area contributed by atoms with E-state index in [1.165, 1.54) is 6.33 Å². The fourth-order valence-electron chi connectivity index (χ4n) is 0.603. The van der Waals surface area contributed by atoms with Gasteiger partial charge in [0.1, 0.15) is 6.33 Å². The van der Waals surface area contributed by atoms with E-state index in [0.717, 1.165) is 5.69 Å². The lowest BCUT2D eigenvalue weighted by molar-refractivity contribution is 1.11. The molecule has 0 saturated carbocycles. The predicted octanol–water partition coefficient (Wildman–Crippen LogP) is 1.67. The highest BCUT2D eigenvalue weighted by Crippen LogP contribution is 2.06. The standard InChI is InChI=1S/C6H8IN3/c1-5(7)10-6-2-8-4-9-3-6/h2-5,10H,1H3. The van der Waals surface area contributed by atoms with Gasteiger partial charge in [-0.15, -0.1) is 0 Å². The molecule has 0 saturated heterocycles. The lowest BCUT2D eigenvalue weighted by Gasteiger charge is -2.05. The normalized spacial score (nSPS) is 12.6. The molecule has 0 spiro atoms. The van der Waals surface area contributed by atoms with E-state index < -0.39 is 0 Å². The van der Waals surface area contributed by atoms with Crippen LogP contribution >= 0.6 is 22.6 Å². The molecule has 0 aliphatic carbocycles. The number of rotatable bonds is 2. The maximum atomic E-state index is 3.86. The summed E-state index contributed by atoms with van der Waals surface area (Å²) in [5, 5.41) is 3.17. The van der Waals surface area contributed by atoms with Gasteiger partial charge in [0.15, 0.2) is 0 Å². The topological polar surface area (TPSA) is 37.8 Å². The van der Waals surface area contributed by atoms with Crippen LogP contribution in [0.2, 0.25) is 0 Å². The van der Waals surface area contributed by atoms with Crippen molar-refractivity contribution < 1.29 is 0 Å². The van der Waals surface area contributed by atoms with Crippen LogP contribution in [0.3, 0.4) is 0 Å². The van der Waals surface area contributed by atoms with Crippen LogP contribution in [0.1, 0.15) is 6.92 Å². The van der Waals surface area contributed by atoms with Crippen molar-refractivity contribution >= 4 is 28.3 Å². The number of anilines is 1. The van der Waals surface area contributed by atoms with Crippen LogP contribution in [0.25, 0.3) is 0 Å². The van der Waals surface area contributed by atoms with E-state index in [9.17, 15) is 0 Å². The molecule has 1 atom stereocenters. The molecule has 0 bridgehead atoms. The highest BCUT2D eigenvalue weighted by Gasteiger charge is 1.93. The maximum Gasteiger partial charge on any atom is 0.115 e. The molecule has 1 aromatic heterocycles. The molecule has 3 nitrogen and oxygen atoms in total. The summed E-state index contributed by atoms with van der Waals surface area (Å²) in [6.45, 7) is 2.06. The van der Waals surface area contributed by atoms with Gasteiger partial charge in [0, 0.05) is 0 Å². The molecule has 1 rings (SSSR count). The van der Waals surface area contributed by atoms with E-state index >= 15 is 0 Å². The summed E-state index contributed by atoms with van der Waals surface area (Å²) in [4.78, 5) is 7.72. The van der Waals surface area contributed by atoms with Crippen LogP contribution in [-0.2, 0) is 0 Å². The molecule has 0 aliphatic heterocycles. The van der Waals surface area contributed by atoms with E-state index in [0.29, 0.717) is 4.05 Å². The minimum Gasteiger partial charge on any atom is -0.371 e. The van der Waals surface area contributed by atoms with Gasteiger partial charge in [-0.25, -0.2) is 9.97 Å². The summed E-state index contributed by atoms with van der Waals surface area (Å²) in [6, 6.07) is 0. The van der Waals surface area contributed by atoms with Crippen molar-refractivity contribution in [1.29, 1.82) is 0 Å². The number of halogens is 1. The summed E-state index contributed by atoms with van der Waals surface area (Å²) >= 11 is 2.28. The summed E-state index contributed by atoms with van der Waals surface area (Å²) in [6.07, 6.45) is 5.02. The van der Waals surface area contributed by atoms with Crippen LogP contribution in [0.4, 0.5) is 5.69 Å². The van der Waals surface area contributed by atoms with Crippen molar-refractivity contribution in [3.05, 3.63) is 18.7 Å². The average molecular weight is 249 g/mol. The zero-order valence-electron chi connectivity index (χ0n) is 5.58. The van der Waals surface area contributed by atoms with Crippen LogP contribution in [0, 0.1) is 0 Å². The Balaban J connectivity index is 2.59. The van der Waals surface area contributed by atoms with Gasteiger partial charge >= 0.3 is 0 Å². The zero-order chi connectivity index (χ0) is 7.40. The van der Waals surface area contributed by atoms with E-state index in [4.69, 9.17) is 0 Å². The van der Waals surface area contributed by atoms with Gasteiger partial charge in [-0.1, -0.05) is 22.6 Å². The Bertz CT molecular complexity index is 187. The fraction of sp³-hybridized carbons (Fsp3) is 0.333. The van der Waals surface area contributed by atoms with Crippen molar-refractivity contribution in [2.45, 2.75) is 11.0 Å². The van der Waals surface area contributed by atoms with Gasteiger partial charge in [-0.3, -0.25) is 0 Å². The summed E-state index contributed by atoms with van der Waals surface area (Å²) < 4.78 is 0.406. The number of nitrogens with zero attached hydrogens (tertiary/aromatic N) is 2. The Hall–Kier alpha value is -0.390. The second kappa shape index (κ2) is 3.70. The van der Waals surface area contributed by atoms with Crippen molar-refractivity contribution in [3.8, 4) is 0 Å². The first-order valence-electron chi connectivity index (χ1n) is 2.94. The summed E-state index contributed by atoms with van der Waals surface area (Å²) in [7, 11) is 0. The summed E-state index contributed by atoms with van der Waals surface area (Å²) in [5.74, 6) is 0. The molecule has 54 valence electrons. The Morgan fingerprint density at radius 1 is 1.50 bits per heavy atom. The first kappa shape index (κ1) is 7.71. The first-order valence-corrected chi connectivity index (χ1v) is 4.19. The van der Waals surface area contributed by atoms with E-state index in [1.807, 2.05) is 0 Å². The quantitative estimate of drug-likeness (QED) is 0.492. The molecule has 0 fully saturated rings. The molecule has 10 heavy (non-hydrogen) atoms. The summed E-state index contributed by atoms with van der Waals surface area (Å²) in [5.41, 5.74) is 0.962. The molecule has 1 N–H and O–H groups in total. The van der Waals surface area contributed by atoms with Crippen LogP contribution < -0.4 is 5.32 Å². The number of nitrogens with one attached hydrogen (secondary N) is 1. The van der Waals surface area contributed by atoms with Crippen LogP contribution in [0.15, 0.2) is 18.7 Å². The monoisotopic (exact) mass is 249 g/mol. The van der Waals surface area contributed by atoms with Crippen molar-refractivity contribution in [3.63, 3.8) is 0 Å². The Labute approximate surface area is 73.4 Å². The second-order valence-corrected chi connectivity index (χ2v) is 3.76. The fourth-order valence-corrected chi connectivity index (χ4v) is 0.963. The predicted molar refractivity (Wildman–Crippen MR) is 49.1 cm³/mol. The Morgan fingerprint density at radius 2 is 2.10 bits per heavy atom. The van der Waals surface area contributed by atoms with Crippen molar-refractivity contribution in [2.75, 3.05) is 5.32 Å². The van der Waals surface area contributed by atoms with Gasteiger partial charge in [0.05, 0.1) is 22.1 Å². The Kier molecular flexibility index (Phi) is 2.85. The lowest BCUT2D eigenvalue weighted by Crippen LogP contribution is -2.05. The molecular formula is C6H8IN3. The second-order valence-electron chi connectivity index (χ2n) is 1.89. The molecule has 0 aliphatic rings. The van der Waals surface area contributed by atoms with Crippen LogP contribution in [-0.4, -0.2) is 14.0 Å². The van der Waals surface area contributed by atoms with E-state index in [-0.39, 0.29) is 0 Å². The first-order chi connectivity index (χ1) is 4.79. The van der Waals surface area contributed by atoms with Crippen molar-refractivity contribution in [1.82, 2.24) is 9.97 Å². The third-order valence-corrected chi connectivity index (χ3v) is 1.24. The molecule has 1 unspecified atom stereocenters. The van der Waals surface area contributed by atoms with Gasteiger partial charge in [-0.2, -0.15) is 0 Å². The number of hydrogen-bond donors (Lipinski definition) is 1. The van der Waals surface area contributed by atoms with Crippen molar-refractivity contribution in [2.24, 2.45) is 0 Å². The SMILES string of the molecule is CC(I)Nc1cncnc1. The highest BCUT2D eigenvalue weighted by atomic mass is 127. The van der Waals surface area contributed by atoms with Crippen LogP contribution in [0.5, 0.6) is 0 Å². The lowest BCUT2D eigenvalue weighted by atomic mass is 10.5. The molecule has 1 aromatic rings. The van der Waals surface area contributed by atoms with E-state index in [1.54, 1.807) is 12.4 Å². The zero-order valence-corrected chi connectivity index (χ0v) is 7.74. The third kappa shape index (κ3) is 2.47. The maximum absolute atomic E-state index is 3.86. The van der Waals surface area contributed by atoms with Gasteiger partial charge in [-0.05, 0) is 6.92 Å². The smallest absolute Gasteiger partial charge is 0.115 e. The Morgan fingerprint density at radius 3 is 2.60 bits per heavy atom. The minimum absolute atomic E-state index is 0.406. The number of aromatic nitrogens is 2. The molecule has 0 amide bonds. The third-order valence-electron chi connectivity index (χ3n) is 0.926. The van der Waals surface area contributed by atoms with Gasteiger partial charge in [0.25, 0.3) is 0 Å². The van der Waals surface area contributed by atoms with E-state index in [2.05, 4.69) is 44.8 Å². The molecule has 0 radical (unpaired) electrons.